The number of hydrogen-bond acceptors (Lipinski definition) is 12. The van der Waals surface area contributed by atoms with Crippen molar-refractivity contribution in [2.24, 2.45) is 0 Å². The van der Waals surface area contributed by atoms with Gasteiger partial charge in [0.1, 0.15) is 24.0 Å². The van der Waals surface area contributed by atoms with E-state index in [2.05, 4.69) is 40.6 Å². The average molecular weight is 512 g/mol. The normalized spacial score (nSPS) is 15.2. The highest BCUT2D eigenvalue weighted by atomic mass is 16.5. The largest absolute Gasteiger partial charge is 0.494 e. The number of amides is 1. The number of ether oxygens (including phenoxy) is 4. The highest BCUT2D eigenvalue weighted by molar-refractivity contribution is 5.99. The molecule has 0 radical (unpaired) electrons. The van der Waals surface area contributed by atoms with Crippen LogP contribution in [0.1, 0.15) is 31.1 Å². The third-order valence-corrected chi connectivity index (χ3v) is 5.66. The van der Waals surface area contributed by atoms with E-state index in [1.807, 2.05) is 0 Å². The van der Waals surface area contributed by atoms with Gasteiger partial charge in [0.25, 0.3) is 0 Å². The standard InChI is InChI=1S/C24H29N7O6/c1-34-18-10-15-14(9-16(18)28-20(32)5-4-6-22(33)36-3)23(27-13-26-15)31-24-29-17(11-21(30-24)35-2)19-12-25-7-8-37-19/h9-11,13,19,25H,4-8,12H2,1-3H3,(H,28,32)(H,26,27,29,30,31). The van der Waals surface area contributed by atoms with Gasteiger partial charge in [-0.25, -0.2) is 15.0 Å². The van der Waals surface area contributed by atoms with Gasteiger partial charge in [0.05, 0.1) is 44.8 Å². The van der Waals surface area contributed by atoms with E-state index in [4.69, 9.17) is 14.2 Å². The quantitative estimate of drug-likeness (QED) is 0.341. The first-order chi connectivity index (χ1) is 18.0. The summed E-state index contributed by atoms with van der Waals surface area (Å²) < 4.78 is 21.3. The summed E-state index contributed by atoms with van der Waals surface area (Å²) in [5.74, 6) is 0.873. The first-order valence-electron chi connectivity index (χ1n) is 11.7. The highest BCUT2D eigenvalue weighted by Crippen LogP contribution is 2.33. The molecule has 3 heterocycles. The Morgan fingerprint density at radius 1 is 1.11 bits per heavy atom. The van der Waals surface area contributed by atoms with Crippen molar-refractivity contribution in [3.63, 3.8) is 0 Å². The molecular weight excluding hydrogens is 482 g/mol. The minimum Gasteiger partial charge on any atom is -0.494 e. The number of hydrogen-bond donors (Lipinski definition) is 3. The van der Waals surface area contributed by atoms with E-state index in [0.717, 1.165) is 6.54 Å². The second kappa shape index (κ2) is 12.2. The number of carbonyl (C=O) groups excluding carboxylic acids is 2. The molecule has 13 nitrogen and oxygen atoms in total. The average Bonchev–Trinajstić information content (AvgIpc) is 2.93. The fourth-order valence-electron chi connectivity index (χ4n) is 3.79. The van der Waals surface area contributed by atoms with Crippen LogP contribution in [0, 0.1) is 0 Å². The van der Waals surface area contributed by atoms with Crippen molar-refractivity contribution in [1.29, 1.82) is 0 Å². The van der Waals surface area contributed by atoms with E-state index >= 15 is 0 Å². The molecule has 1 amide bonds. The van der Waals surface area contributed by atoms with Gasteiger partial charge in [-0.1, -0.05) is 0 Å². The smallest absolute Gasteiger partial charge is 0.305 e. The van der Waals surface area contributed by atoms with E-state index in [9.17, 15) is 9.59 Å². The predicted octanol–water partition coefficient (Wildman–Crippen LogP) is 2.12. The minimum atomic E-state index is -0.363. The van der Waals surface area contributed by atoms with Crippen LogP contribution in [0.15, 0.2) is 24.5 Å². The number of benzene rings is 1. The second-order valence-corrected chi connectivity index (χ2v) is 8.12. The number of nitrogens with one attached hydrogen (secondary N) is 3. The number of methoxy groups -OCH3 is 3. The second-order valence-electron chi connectivity index (χ2n) is 8.12. The Morgan fingerprint density at radius 3 is 2.70 bits per heavy atom. The lowest BCUT2D eigenvalue weighted by molar-refractivity contribution is -0.140. The topological polar surface area (TPSA) is 159 Å². The number of anilines is 3. The van der Waals surface area contributed by atoms with Crippen molar-refractivity contribution in [1.82, 2.24) is 25.3 Å². The fourth-order valence-corrected chi connectivity index (χ4v) is 3.79. The van der Waals surface area contributed by atoms with Gasteiger partial charge in [0.2, 0.25) is 17.7 Å². The molecular formula is C24H29N7O6. The predicted molar refractivity (Wildman–Crippen MR) is 134 cm³/mol. The van der Waals surface area contributed by atoms with E-state index in [1.54, 1.807) is 18.2 Å². The van der Waals surface area contributed by atoms with Crippen molar-refractivity contribution in [3.8, 4) is 11.6 Å². The van der Waals surface area contributed by atoms with Crippen molar-refractivity contribution < 1.29 is 28.5 Å². The lowest BCUT2D eigenvalue weighted by atomic mass is 10.1. The minimum absolute atomic E-state index is 0.144. The van der Waals surface area contributed by atoms with Gasteiger partial charge in [0.15, 0.2) is 0 Å². The molecule has 37 heavy (non-hydrogen) atoms. The molecule has 1 saturated heterocycles. The van der Waals surface area contributed by atoms with Gasteiger partial charge in [-0.15, -0.1) is 0 Å². The van der Waals surface area contributed by atoms with E-state index in [1.165, 1.54) is 27.7 Å². The molecule has 0 aliphatic carbocycles. The molecule has 1 fully saturated rings. The van der Waals surface area contributed by atoms with Crippen LogP contribution in [-0.4, -0.2) is 72.8 Å². The first-order valence-corrected chi connectivity index (χ1v) is 11.7. The van der Waals surface area contributed by atoms with Crippen LogP contribution < -0.4 is 25.4 Å². The third-order valence-electron chi connectivity index (χ3n) is 5.66. The van der Waals surface area contributed by atoms with Crippen molar-refractivity contribution in [3.05, 3.63) is 30.2 Å². The molecule has 0 bridgehead atoms. The summed E-state index contributed by atoms with van der Waals surface area (Å²) >= 11 is 0. The number of carbonyl (C=O) groups is 2. The molecule has 1 atom stereocenters. The van der Waals surface area contributed by atoms with Crippen molar-refractivity contribution >= 4 is 40.2 Å². The number of esters is 1. The monoisotopic (exact) mass is 511 g/mol. The number of nitrogens with zero attached hydrogens (tertiary/aromatic N) is 4. The van der Waals surface area contributed by atoms with Crippen LogP contribution >= 0.6 is 0 Å². The zero-order valence-electron chi connectivity index (χ0n) is 20.9. The van der Waals surface area contributed by atoms with Crippen LogP contribution in [0.25, 0.3) is 10.9 Å². The molecule has 2 aromatic heterocycles. The van der Waals surface area contributed by atoms with E-state index < -0.39 is 0 Å². The summed E-state index contributed by atoms with van der Waals surface area (Å²) in [7, 11) is 4.35. The number of aromatic nitrogens is 4. The maximum absolute atomic E-state index is 12.5. The van der Waals surface area contributed by atoms with Crippen molar-refractivity contribution in [2.45, 2.75) is 25.4 Å². The lowest BCUT2D eigenvalue weighted by Crippen LogP contribution is -2.33. The molecule has 3 N–H and O–H groups in total. The molecule has 196 valence electrons. The zero-order chi connectivity index (χ0) is 26.2. The van der Waals surface area contributed by atoms with Crippen LogP contribution in [0.2, 0.25) is 0 Å². The summed E-state index contributed by atoms with van der Waals surface area (Å²) in [6.45, 7) is 1.98. The fraction of sp³-hybridized carbons (Fsp3) is 0.417. The van der Waals surface area contributed by atoms with Gasteiger partial charge in [-0.2, -0.15) is 4.98 Å². The van der Waals surface area contributed by atoms with Gasteiger partial charge < -0.3 is 34.9 Å². The van der Waals surface area contributed by atoms with Crippen LogP contribution in [0.4, 0.5) is 17.5 Å². The van der Waals surface area contributed by atoms with Gasteiger partial charge in [-0.3, -0.25) is 9.59 Å². The molecule has 4 rings (SSSR count). The molecule has 1 aromatic carbocycles. The molecule has 1 unspecified atom stereocenters. The summed E-state index contributed by atoms with van der Waals surface area (Å²) in [4.78, 5) is 41.5. The Balaban J connectivity index is 1.60. The molecule has 1 aliphatic rings. The Bertz CT molecular complexity index is 1270. The molecule has 0 spiro atoms. The molecule has 0 saturated carbocycles. The van der Waals surface area contributed by atoms with Gasteiger partial charge in [-0.05, 0) is 12.5 Å². The van der Waals surface area contributed by atoms with Gasteiger partial charge >= 0.3 is 5.97 Å². The van der Waals surface area contributed by atoms with Crippen LogP contribution in [-0.2, 0) is 19.1 Å². The van der Waals surface area contributed by atoms with E-state index in [-0.39, 0.29) is 36.8 Å². The molecule has 13 heteroatoms. The SMILES string of the molecule is COC(=O)CCCC(=O)Nc1cc2c(Nc3nc(OC)cc(C4CNCCO4)n3)ncnc2cc1OC. The molecule has 1 aliphatic heterocycles. The highest BCUT2D eigenvalue weighted by Gasteiger charge is 2.20. The number of morpholine rings is 1. The summed E-state index contributed by atoms with van der Waals surface area (Å²) in [6, 6.07) is 5.15. The Labute approximate surface area is 213 Å². The van der Waals surface area contributed by atoms with E-state index in [0.29, 0.717) is 59.3 Å². The number of fused-ring (bicyclic) bond motifs is 1. The first kappa shape index (κ1) is 26.0. The van der Waals surface area contributed by atoms with Crippen LogP contribution in [0.5, 0.6) is 11.6 Å². The lowest BCUT2D eigenvalue weighted by Gasteiger charge is -2.23. The maximum atomic E-state index is 12.5. The Morgan fingerprint density at radius 2 is 1.97 bits per heavy atom. The summed E-state index contributed by atoms with van der Waals surface area (Å²) in [5, 5.41) is 9.86. The van der Waals surface area contributed by atoms with Crippen LogP contribution in [0.3, 0.4) is 0 Å². The van der Waals surface area contributed by atoms with Gasteiger partial charge in [0, 0.05) is 43.5 Å². The Kier molecular flexibility index (Phi) is 8.59. The maximum Gasteiger partial charge on any atom is 0.305 e. The zero-order valence-corrected chi connectivity index (χ0v) is 20.9. The third kappa shape index (κ3) is 6.57. The Hall–Kier alpha value is -4.10. The van der Waals surface area contributed by atoms with Crippen molar-refractivity contribution in [2.75, 3.05) is 51.7 Å². The summed E-state index contributed by atoms with van der Waals surface area (Å²) in [5.41, 5.74) is 1.69. The number of rotatable bonds is 10. The molecule has 3 aromatic rings. The summed E-state index contributed by atoms with van der Waals surface area (Å²) in [6.07, 6.45) is 1.83.